The van der Waals surface area contributed by atoms with Crippen LogP contribution in [0.5, 0.6) is 0 Å². The van der Waals surface area contributed by atoms with Crippen LogP contribution in [0.1, 0.15) is 21.5 Å². The van der Waals surface area contributed by atoms with E-state index in [0.29, 0.717) is 11.3 Å². The molecule has 2 aromatic carbocycles. The van der Waals surface area contributed by atoms with Crippen molar-refractivity contribution in [3.63, 3.8) is 0 Å². The van der Waals surface area contributed by atoms with Crippen LogP contribution in [0.15, 0.2) is 54.7 Å². The minimum Gasteiger partial charge on any atom is -0.335 e. The zero-order chi connectivity index (χ0) is 18.7. The van der Waals surface area contributed by atoms with Gasteiger partial charge in [0.2, 0.25) is 0 Å². The number of nitrogens with one attached hydrogen (secondary N) is 2. The van der Waals surface area contributed by atoms with E-state index in [1.165, 1.54) is 24.4 Å². The van der Waals surface area contributed by atoms with Crippen LogP contribution in [0, 0.1) is 25.5 Å². The molecule has 0 saturated heterocycles. The van der Waals surface area contributed by atoms with Gasteiger partial charge in [0.1, 0.15) is 23.1 Å². The maximum atomic E-state index is 13.8. The molecule has 1 amide bonds. The van der Waals surface area contributed by atoms with Gasteiger partial charge >= 0.3 is 0 Å². The SMILES string of the molecule is Cc1ccc(C)c(NC(=O)c2ccnc(Nc3c(F)cccc3F)c2)c1. The van der Waals surface area contributed by atoms with E-state index in [1.54, 1.807) is 0 Å². The molecule has 6 heteroatoms. The third-order valence-corrected chi connectivity index (χ3v) is 3.88. The van der Waals surface area contributed by atoms with E-state index in [9.17, 15) is 13.6 Å². The predicted octanol–water partition coefficient (Wildman–Crippen LogP) is 4.97. The number of para-hydroxylation sites is 1. The molecule has 3 rings (SSSR count). The number of halogens is 2. The first kappa shape index (κ1) is 17.5. The summed E-state index contributed by atoms with van der Waals surface area (Å²) in [6.45, 7) is 3.84. The van der Waals surface area contributed by atoms with Gasteiger partial charge in [-0.2, -0.15) is 0 Å². The number of pyridine rings is 1. The Morgan fingerprint density at radius 1 is 1.00 bits per heavy atom. The molecule has 2 N–H and O–H groups in total. The minimum absolute atomic E-state index is 0.169. The summed E-state index contributed by atoms with van der Waals surface area (Å²) in [6.07, 6.45) is 1.40. The highest BCUT2D eigenvalue weighted by Gasteiger charge is 2.12. The van der Waals surface area contributed by atoms with E-state index < -0.39 is 11.6 Å². The third-order valence-electron chi connectivity index (χ3n) is 3.88. The number of carbonyl (C=O) groups is 1. The Kier molecular flexibility index (Phi) is 4.93. The fourth-order valence-electron chi connectivity index (χ4n) is 2.45. The molecule has 0 unspecified atom stereocenters. The van der Waals surface area contributed by atoms with Crippen molar-refractivity contribution in [2.45, 2.75) is 13.8 Å². The van der Waals surface area contributed by atoms with Gasteiger partial charge in [-0.25, -0.2) is 13.8 Å². The van der Waals surface area contributed by atoms with E-state index in [4.69, 9.17) is 0 Å². The monoisotopic (exact) mass is 353 g/mol. The zero-order valence-electron chi connectivity index (χ0n) is 14.3. The Labute approximate surface area is 149 Å². The maximum absolute atomic E-state index is 13.8. The summed E-state index contributed by atoms with van der Waals surface area (Å²) in [5.74, 6) is -1.64. The van der Waals surface area contributed by atoms with Crippen LogP contribution in [0.25, 0.3) is 0 Å². The van der Waals surface area contributed by atoms with Crippen LogP contribution < -0.4 is 10.6 Å². The van der Waals surface area contributed by atoms with Crippen molar-refractivity contribution in [2.75, 3.05) is 10.6 Å². The average Bonchev–Trinajstić information content (AvgIpc) is 2.62. The molecule has 26 heavy (non-hydrogen) atoms. The molecular weight excluding hydrogens is 336 g/mol. The van der Waals surface area contributed by atoms with Gasteiger partial charge in [-0.1, -0.05) is 18.2 Å². The van der Waals surface area contributed by atoms with Crippen LogP contribution in [0.2, 0.25) is 0 Å². The second-order valence-corrected chi connectivity index (χ2v) is 5.92. The fraction of sp³-hybridized carbons (Fsp3) is 0.100. The van der Waals surface area contributed by atoms with Crippen molar-refractivity contribution in [1.82, 2.24) is 4.98 Å². The Balaban J connectivity index is 1.83. The van der Waals surface area contributed by atoms with Crippen molar-refractivity contribution >= 4 is 23.1 Å². The number of benzene rings is 2. The Morgan fingerprint density at radius 2 is 1.73 bits per heavy atom. The number of aryl methyl sites for hydroxylation is 2. The van der Waals surface area contributed by atoms with Gasteiger partial charge in [0.15, 0.2) is 0 Å². The summed E-state index contributed by atoms with van der Waals surface area (Å²) < 4.78 is 27.5. The van der Waals surface area contributed by atoms with E-state index in [1.807, 2.05) is 32.0 Å². The lowest BCUT2D eigenvalue weighted by Crippen LogP contribution is -2.13. The third kappa shape index (κ3) is 3.85. The molecule has 3 aromatic rings. The number of rotatable bonds is 4. The summed E-state index contributed by atoms with van der Waals surface area (Å²) in [4.78, 5) is 16.5. The molecule has 0 aliphatic heterocycles. The van der Waals surface area contributed by atoms with Crippen LogP contribution in [-0.2, 0) is 0 Å². The standard InChI is InChI=1S/C20H17F2N3O/c1-12-6-7-13(2)17(10-12)24-20(26)14-8-9-23-18(11-14)25-19-15(21)4-3-5-16(19)22/h3-11H,1-2H3,(H,23,25)(H,24,26). The zero-order valence-corrected chi connectivity index (χ0v) is 14.3. The van der Waals surface area contributed by atoms with Crippen molar-refractivity contribution < 1.29 is 13.6 Å². The maximum Gasteiger partial charge on any atom is 0.255 e. The molecule has 0 atom stereocenters. The fourth-order valence-corrected chi connectivity index (χ4v) is 2.45. The molecule has 1 aromatic heterocycles. The lowest BCUT2D eigenvalue weighted by Gasteiger charge is -2.11. The molecule has 4 nitrogen and oxygen atoms in total. The highest BCUT2D eigenvalue weighted by atomic mass is 19.1. The van der Waals surface area contributed by atoms with Gasteiger partial charge in [0.05, 0.1) is 0 Å². The quantitative estimate of drug-likeness (QED) is 0.696. The molecule has 0 aliphatic carbocycles. The van der Waals surface area contributed by atoms with E-state index in [2.05, 4.69) is 15.6 Å². The van der Waals surface area contributed by atoms with Gasteiger partial charge in [0, 0.05) is 17.4 Å². The Hall–Kier alpha value is -3.28. The normalized spacial score (nSPS) is 10.5. The molecule has 0 saturated carbocycles. The highest BCUT2D eigenvalue weighted by Crippen LogP contribution is 2.23. The summed E-state index contributed by atoms with van der Waals surface area (Å²) >= 11 is 0. The number of anilines is 3. The topological polar surface area (TPSA) is 54.0 Å². The molecule has 0 bridgehead atoms. The van der Waals surface area contributed by atoms with Gasteiger partial charge in [-0.15, -0.1) is 0 Å². The summed E-state index contributed by atoms with van der Waals surface area (Å²) in [6, 6.07) is 12.3. The largest absolute Gasteiger partial charge is 0.335 e. The number of aromatic nitrogens is 1. The first-order valence-corrected chi connectivity index (χ1v) is 8.00. The van der Waals surface area contributed by atoms with Gasteiger partial charge in [-0.05, 0) is 55.3 Å². The van der Waals surface area contributed by atoms with Crippen LogP contribution in [0.3, 0.4) is 0 Å². The number of hydrogen-bond acceptors (Lipinski definition) is 3. The summed E-state index contributed by atoms with van der Waals surface area (Å²) in [5.41, 5.74) is 2.68. The summed E-state index contributed by atoms with van der Waals surface area (Å²) in [7, 11) is 0. The molecule has 0 spiro atoms. The van der Waals surface area contributed by atoms with E-state index >= 15 is 0 Å². The second-order valence-electron chi connectivity index (χ2n) is 5.92. The van der Waals surface area contributed by atoms with Crippen LogP contribution >= 0.6 is 0 Å². The number of carbonyl (C=O) groups excluding carboxylic acids is 1. The van der Waals surface area contributed by atoms with Crippen molar-refractivity contribution in [2.24, 2.45) is 0 Å². The van der Waals surface area contributed by atoms with Crippen LogP contribution in [0.4, 0.5) is 26.0 Å². The molecule has 132 valence electrons. The average molecular weight is 353 g/mol. The lowest BCUT2D eigenvalue weighted by molar-refractivity contribution is 0.102. The first-order chi connectivity index (χ1) is 12.4. The second kappa shape index (κ2) is 7.31. The van der Waals surface area contributed by atoms with Gasteiger partial charge in [-0.3, -0.25) is 4.79 Å². The number of nitrogens with zero attached hydrogens (tertiary/aromatic N) is 1. The minimum atomic E-state index is -0.739. The van der Waals surface area contributed by atoms with Crippen molar-refractivity contribution in [1.29, 1.82) is 0 Å². The smallest absolute Gasteiger partial charge is 0.255 e. The molecule has 0 radical (unpaired) electrons. The van der Waals surface area contributed by atoms with E-state index in [0.717, 1.165) is 23.3 Å². The van der Waals surface area contributed by atoms with Gasteiger partial charge in [0.25, 0.3) is 5.91 Å². The number of amides is 1. The van der Waals surface area contributed by atoms with Crippen LogP contribution in [-0.4, -0.2) is 10.9 Å². The highest BCUT2D eigenvalue weighted by molar-refractivity contribution is 6.05. The predicted molar refractivity (Wildman–Crippen MR) is 97.7 cm³/mol. The lowest BCUT2D eigenvalue weighted by atomic mass is 10.1. The molecule has 1 heterocycles. The number of hydrogen-bond donors (Lipinski definition) is 2. The van der Waals surface area contributed by atoms with Gasteiger partial charge < -0.3 is 10.6 Å². The van der Waals surface area contributed by atoms with Crippen molar-refractivity contribution in [3.05, 3.63) is 83.1 Å². The summed E-state index contributed by atoms with van der Waals surface area (Å²) in [5, 5.41) is 5.42. The van der Waals surface area contributed by atoms with E-state index in [-0.39, 0.29) is 17.4 Å². The first-order valence-electron chi connectivity index (χ1n) is 8.00. The molecule has 0 aliphatic rings. The Bertz CT molecular complexity index is 953. The van der Waals surface area contributed by atoms with Crippen molar-refractivity contribution in [3.8, 4) is 0 Å². The molecule has 0 fully saturated rings. The Morgan fingerprint density at radius 3 is 2.46 bits per heavy atom. The molecular formula is C20H17F2N3O.